The minimum absolute atomic E-state index is 1.13. The van der Waals surface area contributed by atoms with Crippen LogP contribution in [0, 0.1) is 11.8 Å². The zero-order valence-corrected chi connectivity index (χ0v) is 13.0. The Morgan fingerprint density at radius 2 is 1.00 bits per heavy atom. The summed E-state index contributed by atoms with van der Waals surface area (Å²) in [6, 6.07) is 0. The van der Waals surface area contributed by atoms with E-state index in [9.17, 15) is 0 Å². The fourth-order valence-electron chi connectivity index (χ4n) is 3.77. The van der Waals surface area contributed by atoms with Crippen LogP contribution in [0.1, 0.15) is 96.3 Å². The molecule has 19 heavy (non-hydrogen) atoms. The molecule has 2 rings (SSSR count). The van der Waals surface area contributed by atoms with Gasteiger partial charge in [0.1, 0.15) is 0 Å². The number of fused-ring (bicyclic) bond motifs is 1. The fraction of sp³-hybridized carbons (Fsp3) is 0.895. The van der Waals surface area contributed by atoms with Crippen molar-refractivity contribution in [1.82, 2.24) is 0 Å². The third kappa shape index (κ3) is 6.63. The second-order valence-corrected chi connectivity index (χ2v) is 7.12. The van der Waals surface area contributed by atoms with E-state index in [-0.39, 0.29) is 0 Å². The topological polar surface area (TPSA) is 0 Å². The number of hydrogen-bond donors (Lipinski definition) is 0. The second-order valence-electron chi connectivity index (χ2n) is 7.12. The van der Waals surface area contributed by atoms with E-state index in [0.29, 0.717) is 0 Å². The van der Waals surface area contributed by atoms with Crippen molar-refractivity contribution in [3.8, 4) is 0 Å². The summed E-state index contributed by atoms with van der Waals surface area (Å²) in [5.74, 6) is 2.27. The molecule has 0 heterocycles. The lowest BCUT2D eigenvalue weighted by Gasteiger charge is -2.06. The average Bonchev–Trinajstić information content (AvgIpc) is 3.14. The number of allylic oxidation sites excluding steroid dienone is 1. The Morgan fingerprint density at radius 1 is 0.579 bits per heavy atom. The van der Waals surface area contributed by atoms with Gasteiger partial charge in [-0.2, -0.15) is 0 Å². The molecule has 0 amide bonds. The van der Waals surface area contributed by atoms with Crippen LogP contribution in [0.15, 0.2) is 12.2 Å². The maximum Gasteiger partial charge on any atom is -0.0323 e. The Kier molecular flexibility index (Phi) is 7.03. The molecule has 110 valence electrons. The van der Waals surface area contributed by atoms with Crippen LogP contribution in [0.4, 0.5) is 0 Å². The smallest absolute Gasteiger partial charge is 0.0323 e. The third-order valence-electron chi connectivity index (χ3n) is 5.28. The van der Waals surface area contributed by atoms with Crippen LogP contribution in [-0.2, 0) is 0 Å². The van der Waals surface area contributed by atoms with E-state index in [4.69, 9.17) is 0 Å². The van der Waals surface area contributed by atoms with Gasteiger partial charge in [0.15, 0.2) is 0 Å². The molecular formula is C19H34. The third-order valence-corrected chi connectivity index (χ3v) is 5.28. The van der Waals surface area contributed by atoms with Crippen LogP contribution >= 0.6 is 0 Å². The van der Waals surface area contributed by atoms with Gasteiger partial charge in [0, 0.05) is 0 Å². The predicted molar refractivity (Wildman–Crippen MR) is 85.4 cm³/mol. The molecule has 0 heteroatoms. The van der Waals surface area contributed by atoms with Crippen molar-refractivity contribution >= 4 is 0 Å². The normalized spacial score (nSPS) is 32.3. The molecule has 2 atom stereocenters. The lowest BCUT2D eigenvalue weighted by Crippen LogP contribution is -1.86. The van der Waals surface area contributed by atoms with Gasteiger partial charge in [-0.05, 0) is 43.9 Å². The van der Waals surface area contributed by atoms with Gasteiger partial charge in [0.2, 0.25) is 0 Å². The second kappa shape index (κ2) is 8.82. The molecule has 0 nitrogen and oxygen atoms in total. The highest BCUT2D eigenvalue weighted by atomic mass is 14.4. The summed E-state index contributed by atoms with van der Waals surface area (Å²) in [6.07, 6.45) is 21.8. The van der Waals surface area contributed by atoms with E-state index in [2.05, 4.69) is 6.58 Å². The fourth-order valence-corrected chi connectivity index (χ4v) is 3.77. The van der Waals surface area contributed by atoms with Gasteiger partial charge in [-0.3, -0.25) is 0 Å². The van der Waals surface area contributed by atoms with E-state index < -0.39 is 0 Å². The van der Waals surface area contributed by atoms with Gasteiger partial charge >= 0.3 is 0 Å². The standard InChI is InChI=1S/C19H34/c1-17-12-8-4-2-6-10-14-18-16-19(18)15-11-7-3-5-9-13-17/h18-19H,1-16H2. The molecule has 0 N–H and O–H groups in total. The molecular weight excluding hydrogens is 228 g/mol. The molecule has 0 radical (unpaired) electrons. The summed E-state index contributed by atoms with van der Waals surface area (Å²) in [5.41, 5.74) is 1.52. The van der Waals surface area contributed by atoms with Gasteiger partial charge in [-0.25, -0.2) is 0 Å². The zero-order valence-electron chi connectivity index (χ0n) is 13.0. The van der Waals surface area contributed by atoms with E-state index >= 15 is 0 Å². The molecule has 0 aliphatic heterocycles. The van der Waals surface area contributed by atoms with Crippen LogP contribution in [-0.4, -0.2) is 0 Å². The number of rotatable bonds is 0. The molecule has 2 fully saturated rings. The summed E-state index contributed by atoms with van der Waals surface area (Å²) in [4.78, 5) is 0. The Hall–Kier alpha value is -0.260. The highest BCUT2D eigenvalue weighted by molar-refractivity contribution is 4.93. The van der Waals surface area contributed by atoms with Crippen molar-refractivity contribution in [2.24, 2.45) is 11.8 Å². The number of hydrogen-bond acceptors (Lipinski definition) is 0. The lowest BCUT2D eigenvalue weighted by atomic mass is 10.0. The summed E-state index contributed by atoms with van der Waals surface area (Å²) >= 11 is 0. The molecule has 0 spiro atoms. The van der Waals surface area contributed by atoms with Crippen molar-refractivity contribution < 1.29 is 0 Å². The zero-order chi connectivity index (χ0) is 13.3. The summed E-state index contributed by atoms with van der Waals surface area (Å²) < 4.78 is 0. The molecule has 2 aliphatic rings. The molecule has 2 saturated carbocycles. The maximum atomic E-state index is 4.25. The average molecular weight is 262 g/mol. The minimum atomic E-state index is 1.13. The predicted octanol–water partition coefficient (Wildman–Crippen LogP) is 6.65. The molecule has 0 bridgehead atoms. The Balaban J connectivity index is 1.62. The SMILES string of the molecule is C=C1CCCCCCCC2CC2CCCCCCC1. The first-order valence-electron chi connectivity index (χ1n) is 9.03. The minimum Gasteiger partial charge on any atom is -0.0999 e. The van der Waals surface area contributed by atoms with Gasteiger partial charge in [0.25, 0.3) is 0 Å². The van der Waals surface area contributed by atoms with Crippen LogP contribution in [0.2, 0.25) is 0 Å². The van der Waals surface area contributed by atoms with Gasteiger partial charge in [-0.15, -0.1) is 0 Å². The largest absolute Gasteiger partial charge is 0.0999 e. The first kappa shape index (κ1) is 15.1. The first-order valence-corrected chi connectivity index (χ1v) is 9.03. The van der Waals surface area contributed by atoms with Crippen molar-refractivity contribution in [1.29, 1.82) is 0 Å². The van der Waals surface area contributed by atoms with Gasteiger partial charge in [-0.1, -0.05) is 76.4 Å². The lowest BCUT2D eigenvalue weighted by molar-refractivity contribution is 0.520. The monoisotopic (exact) mass is 262 g/mol. The Labute approximate surface area is 121 Å². The first-order chi connectivity index (χ1) is 9.36. The van der Waals surface area contributed by atoms with E-state index in [1.165, 1.54) is 95.5 Å². The van der Waals surface area contributed by atoms with E-state index in [1.807, 2.05) is 0 Å². The summed E-state index contributed by atoms with van der Waals surface area (Å²) in [6.45, 7) is 4.25. The molecule has 0 aromatic heterocycles. The molecule has 2 aliphatic carbocycles. The van der Waals surface area contributed by atoms with Crippen LogP contribution in [0.5, 0.6) is 0 Å². The Bertz CT molecular complexity index is 229. The van der Waals surface area contributed by atoms with Gasteiger partial charge < -0.3 is 0 Å². The molecule has 2 unspecified atom stereocenters. The highest BCUT2D eigenvalue weighted by Gasteiger charge is 2.34. The van der Waals surface area contributed by atoms with Crippen molar-refractivity contribution in [3.05, 3.63) is 12.2 Å². The van der Waals surface area contributed by atoms with Crippen LogP contribution < -0.4 is 0 Å². The van der Waals surface area contributed by atoms with Crippen LogP contribution in [0.25, 0.3) is 0 Å². The van der Waals surface area contributed by atoms with Crippen LogP contribution in [0.3, 0.4) is 0 Å². The summed E-state index contributed by atoms with van der Waals surface area (Å²) in [5, 5.41) is 0. The Morgan fingerprint density at radius 3 is 1.53 bits per heavy atom. The van der Waals surface area contributed by atoms with Crippen molar-refractivity contribution in [3.63, 3.8) is 0 Å². The summed E-state index contributed by atoms with van der Waals surface area (Å²) in [7, 11) is 0. The molecule has 0 aromatic carbocycles. The highest BCUT2D eigenvalue weighted by Crippen LogP contribution is 2.45. The van der Waals surface area contributed by atoms with Gasteiger partial charge in [0.05, 0.1) is 0 Å². The quantitative estimate of drug-likeness (QED) is 0.428. The van der Waals surface area contributed by atoms with Crippen molar-refractivity contribution in [2.75, 3.05) is 0 Å². The van der Waals surface area contributed by atoms with Crippen molar-refractivity contribution in [2.45, 2.75) is 96.3 Å². The molecule has 0 saturated heterocycles. The maximum absolute atomic E-state index is 4.25. The molecule has 0 aromatic rings. The van der Waals surface area contributed by atoms with E-state index in [0.717, 1.165) is 11.8 Å². The van der Waals surface area contributed by atoms with E-state index in [1.54, 1.807) is 6.42 Å².